The highest BCUT2D eigenvalue weighted by atomic mass is 16.2. The number of amides is 1. The van der Waals surface area contributed by atoms with Crippen LogP contribution in [0.4, 0.5) is 11.5 Å². The van der Waals surface area contributed by atoms with Gasteiger partial charge in [0, 0.05) is 38.1 Å². The molecule has 0 unspecified atom stereocenters. The Balaban J connectivity index is 1.33. The van der Waals surface area contributed by atoms with Crippen molar-refractivity contribution in [2.75, 3.05) is 36.4 Å². The first-order valence-electron chi connectivity index (χ1n) is 9.53. The number of nitrogens with zero attached hydrogens (tertiary/aromatic N) is 3. The molecule has 1 aliphatic heterocycles. The van der Waals surface area contributed by atoms with Crippen molar-refractivity contribution in [1.29, 1.82) is 0 Å². The molecule has 136 valence electrons. The summed E-state index contributed by atoms with van der Waals surface area (Å²) in [5.41, 5.74) is 3.75. The summed E-state index contributed by atoms with van der Waals surface area (Å²) in [6.07, 6.45) is 5.35. The molecule has 1 atom stereocenters. The molecule has 1 aliphatic carbocycles. The number of piperazine rings is 1. The van der Waals surface area contributed by atoms with Crippen LogP contribution in [0, 0.1) is 0 Å². The summed E-state index contributed by atoms with van der Waals surface area (Å²) in [4.78, 5) is 21.6. The summed E-state index contributed by atoms with van der Waals surface area (Å²) in [6.45, 7) is 5.53. The number of hydrogen-bond acceptors (Lipinski definition) is 4. The van der Waals surface area contributed by atoms with E-state index in [-0.39, 0.29) is 11.9 Å². The highest BCUT2D eigenvalue weighted by molar-refractivity contribution is 5.94. The van der Waals surface area contributed by atoms with E-state index >= 15 is 0 Å². The number of rotatable bonds is 4. The lowest BCUT2D eigenvalue weighted by Crippen LogP contribution is -2.53. The first kappa shape index (κ1) is 17.0. The van der Waals surface area contributed by atoms with E-state index in [2.05, 4.69) is 32.2 Å². The summed E-state index contributed by atoms with van der Waals surface area (Å²) in [7, 11) is 0. The van der Waals surface area contributed by atoms with Crippen molar-refractivity contribution in [3.05, 3.63) is 53.7 Å². The third-order valence-electron chi connectivity index (χ3n) is 5.58. The second kappa shape index (κ2) is 7.46. The van der Waals surface area contributed by atoms with Crippen LogP contribution in [0.5, 0.6) is 0 Å². The van der Waals surface area contributed by atoms with Gasteiger partial charge >= 0.3 is 0 Å². The van der Waals surface area contributed by atoms with Crippen molar-refractivity contribution in [2.45, 2.75) is 32.2 Å². The number of carbonyl (C=O) groups is 1. The van der Waals surface area contributed by atoms with Gasteiger partial charge in [0.2, 0.25) is 5.91 Å². The van der Waals surface area contributed by atoms with Crippen molar-refractivity contribution >= 4 is 17.4 Å². The lowest BCUT2D eigenvalue weighted by Gasteiger charge is -2.37. The molecule has 0 spiro atoms. The molecule has 2 aromatic rings. The molecular formula is C21H26N4O. The molecular weight excluding hydrogens is 324 g/mol. The molecule has 26 heavy (non-hydrogen) atoms. The minimum Gasteiger partial charge on any atom is -0.354 e. The van der Waals surface area contributed by atoms with Gasteiger partial charge in [0.1, 0.15) is 5.82 Å². The molecule has 5 heteroatoms. The Bertz CT molecular complexity index is 769. The fourth-order valence-corrected chi connectivity index (χ4v) is 3.94. The molecule has 1 fully saturated rings. The Kier molecular flexibility index (Phi) is 4.89. The fourth-order valence-electron chi connectivity index (χ4n) is 3.94. The first-order valence-corrected chi connectivity index (χ1v) is 9.53. The van der Waals surface area contributed by atoms with Gasteiger partial charge in [-0.1, -0.05) is 12.1 Å². The number of nitrogens with one attached hydrogen (secondary N) is 1. The van der Waals surface area contributed by atoms with Crippen LogP contribution in [0.2, 0.25) is 0 Å². The minimum absolute atomic E-state index is 0.0780. The Morgan fingerprint density at radius 3 is 2.65 bits per heavy atom. The number of anilines is 2. The largest absolute Gasteiger partial charge is 0.354 e. The quantitative estimate of drug-likeness (QED) is 0.921. The van der Waals surface area contributed by atoms with E-state index in [9.17, 15) is 4.79 Å². The van der Waals surface area contributed by atoms with E-state index in [4.69, 9.17) is 0 Å². The maximum atomic E-state index is 12.7. The molecule has 1 saturated heterocycles. The SMILES string of the molecule is C[C@@H](C(=O)Nc1ccc2c(c1)CCC2)N1CCN(c2ccccn2)CC1. The lowest BCUT2D eigenvalue weighted by atomic mass is 10.1. The van der Waals surface area contributed by atoms with E-state index in [1.807, 2.05) is 37.4 Å². The van der Waals surface area contributed by atoms with Crippen LogP contribution < -0.4 is 10.2 Å². The molecule has 4 rings (SSSR count). The average Bonchev–Trinajstić information content (AvgIpc) is 3.16. The average molecular weight is 350 g/mol. The van der Waals surface area contributed by atoms with Gasteiger partial charge in [-0.15, -0.1) is 0 Å². The Morgan fingerprint density at radius 2 is 1.88 bits per heavy atom. The highest BCUT2D eigenvalue weighted by Gasteiger charge is 2.26. The lowest BCUT2D eigenvalue weighted by molar-refractivity contribution is -0.120. The number of benzene rings is 1. The van der Waals surface area contributed by atoms with Crippen LogP contribution in [0.1, 0.15) is 24.5 Å². The summed E-state index contributed by atoms with van der Waals surface area (Å²) in [6, 6.07) is 12.2. The first-order chi connectivity index (χ1) is 12.7. The molecule has 0 bridgehead atoms. The van der Waals surface area contributed by atoms with Crippen LogP contribution >= 0.6 is 0 Å². The molecule has 0 radical (unpaired) electrons. The third-order valence-corrected chi connectivity index (χ3v) is 5.58. The van der Waals surface area contributed by atoms with Gasteiger partial charge in [-0.05, 0) is 61.6 Å². The number of hydrogen-bond donors (Lipinski definition) is 1. The summed E-state index contributed by atoms with van der Waals surface area (Å²) in [5, 5.41) is 3.11. The predicted molar refractivity (Wildman–Crippen MR) is 105 cm³/mol. The maximum Gasteiger partial charge on any atom is 0.241 e. The zero-order valence-corrected chi connectivity index (χ0v) is 15.3. The molecule has 1 aromatic carbocycles. The van der Waals surface area contributed by atoms with Gasteiger partial charge in [-0.25, -0.2) is 4.98 Å². The number of aromatic nitrogens is 1. The standard InChI is InChI=1S/C21H26N4O/c1-16(21(26)23-19-9-8-17-5-4-6-18(17)15-19)24-11-13-25(14-12-24)20-7-2-3-10-22-20/h2-3,7-10,15-16H,4-6,11-14H2,1H3,(H,23,26)/t16-/m0/s1. The molecule has 0 saturated carbocycles. The summed E-state index contributed by atoms with van der Waals surface area (Å²) < 4.78 is 0. The van der Waals surface area contributed by atoms with Crippen LogP contribution in [0.3, 0.4) is 0 Å². The van der Waals surface area contributed by atoms with E-state index in [0.29, 0.717) is 0 Å². The molecule has 1 N–H and O–H groups in total. The fraction of sp³-hybridized carbons (Fsp3) is 0.429. The van der Waals surface area contributed by atoms with Gasteiger partial charge in [0.25, 0.3) is 0 Å². The van der Waals surface area contributed by atoms with Gasteiger partial charge in [0.05, 0.1) is 6.04 Å². The second-order valence-electron chi connectivity index (χ2n) is 7.21. The van der Waals surface area contributed by atoms with Crippen LogP contribution in [0.25, 0.3) is 0 Å². The number of carbonyl (C=O) groups excluding carboxylic acids is 1. The van der Waals surface area contributed by atoms with E-state index in [1.54, 1.807) is 0 Å². The van der Waals surface area contributed by atoms with Crippen molar-refractivity contribution < 1.29 is 4.79 Å². The zero-order chi connectivity index (χ0) is 17.9. The minimum atomic E-state index is -0.130. The molecule has 2 aliphatic rings. The normalized spacial score (nSPS) is 18.4. The number of pyridine rings is 1. The van der Waals surface area contributed by atoms with Gasteiger partial charge in [-0.3, -0.25) is 9.69 Å². The van der Waals surface area contributed by atoms with Crippen molar-refractivity contribution in [3.63, 3.8) is 0 Å². The Labute approximate surface area is 155 Å². The monoisotopic (exact) mass is 350 g/mol. The van der Waals surface area contributed by atoms with Crippen LogP contribution in [0.15, 0.2) is 42.6 Å². The zero-order valence-electron chi connectivity index (χ0n) is 15.3. The van der Waals surface area contributed by atoms with E-state index in [0.717, 1.165) is 44.1 Å². The smallest absolute Gasteiger partial charge is 0.241 e. The summed E-state index contributed by atoms with van der Waals surface area (Å²) >= 11 is 0. The van der Waals surface area contributed by atoms with Crippen molar-refractivity contribution in [3.8, 4) is 0 Å². The van der Waals surface area contributed by atoms with Gasteiger partial charge in [0.15, 0.2) is 0 Å². The Hall–Kier alpha value is -2.40. The third kappa shape index (κ3) is 3.58. The van der Waals surface area contributed by atoms with E-state index < -0.39 is 0 Å². The van der Waals surface area contributed by atoms with Gasteiger partial charge in [-0.2, -0.15) is 0 Å². The molecule has 1 amide bonds. The molecule has 5 nitrogen and oxygen atoms in total. The maximum absolute atomic E-state index is 12.7. The number of aryl methyl sites for hydroxylation is 2. The van der Waals surface area contributed by atoms with Crippen LogP contribution in [-0.2, 0) is 17.6 Å². The Morgan fingerprint density at radius 1 is 1.08 bits per heavy atom. The predicted octanol–water partition coefficient (Wildman–Crippen LogP) is 2.72. The topological polar surface area (TPSA) is 48.5 Å². The van der Waals surface area contributed by atoms with Crippen molar-refractivity contribution in [1.82, 2.24) is 9.88 Å². The number of fused-ring (bicyclic) bond motifs is 1. The van der Waals surface area contributed by atoms with Gasteiger partial charge < -0.3 is 10.2 Å². The van der Waals surface area contributed by atoms with Crippen molar-refractivity contribution in [2.24, 2.45) is 0 Å². The molecule has 2 heterocycles. The molecule has 1 aromatic heterocycles. The summed E-state index contributed by atoms with van der Waals surface area (Å²) in [5.74, 6) is 1.09. The van der Waals surface area contributed by atoms with Crippen LogP contribution in [-0.4, -0.2) is 48.0 Å². The second-order valence-corrected chi connectivity index (χ2v) is 7.21. The highest BCUT2D eigenvalue weighted by Crippen LogP contribution is 2.25. The van der Waals surface area contributed by atoms with E-state index in [1.165, 1.54) is 24.0 Å².